The number of aromatic nitrogens is 3. The van der Waals surface area contributed by atoms with E-state index in [0.717, 1.165) is 10.7 Å². The number of carbonyl (C=O) groups excluding carboxylic acids is 1. The minimum absolute atomic E-state index is 0.246. The fourth-order valence-electron chi connectivity index (χ4n) is 3.56. The number of carbonyl (C=O) groups is 1. The Labute approximate surface area is 146 Å². The van der Waals surface area contributed by atoms with E-state index >= 15 is 0 Å². The Morgan fingerprint density at radius 3 is 2.50 bits per heavy atom. The first-order chi connectivity index (χ1) is 11.8. The fraction of sp³-hybridized carbons (Fsp3) is 0.556. The molecule has 4 rings (SSSR count). The zero-order valence-electron chi connectivity index (χ0n) is 13.7. The first-order valence-electron chi connectivity index (χ1n) is 8.84. The Kier molecular flexibility index (Phi) is 4.56. The minimum Gasteiger partial charge on any atom is -0.336 e. The fourth-order valence-corrected chi connectivity index (χ4v) is 4.33. The van der Waals surface area contributed by atoms with Gasteiger partial charge in [-0.25, -0.2) is 15.0 Å². The van der Waals surface area contributed by atoms with Gasteiger partial charge in [0.25, 0.3) is 0 Å². The molecule has 2 heterocycles. The molecular formula is C18H22N4OS. The van der Waals surface area contributed by atoms with Crippen LogP contribution in [0.5, 0.6) is 0 Å². The second kappa shape index (κ2) is 6.97. The van der Waals surface area contributed by atoms with Crippen molar-refractivity contribution in [3.05, 3.63) is 29.5 Å². The van der Waals surface area contributed by atoms with Gasteiger partial charge in [-0.2, -0.15) is 0 Å². The first-order valence-corrected chi connectivity index (χ1v) is 9.72. The summed E-state index contributed by atoms with van der Waals surface area (Å²) in [5, 5.41) is 2.75. The van der Waals surface area contributed by atoms with Crippen LogP contribution in [0, 0.1) is 0 Å². The van der Waals surface area contributed by atoms with Gasteiger partial charge in [-0.1, -0.05) is 19.3 Å². The monoisotopic (exact) mass is 342 g/mol. The maximum atomic E-state index is 12.9. The van der Waals surface area contributed by atoms with Gasteiger partial charge in [-0.3, -0.25) is 4.79 Å². The average Bonchev–Trinajstić information content (AvgIpc) is 3.34. The molecule has 0 unspecified atom stereocenters. The lowest BCUT2D eigenvalue weighted by atomic mass is 9.93. The van der Waals surface area contributed by atoms with E-state index in [1.54, 1.807) is 18.5 Å². The number of hydrogen-bond acceptors (Lipinski definition) is 5. The van der Waals surface area contributed by atoms with E-state index in [-0.39, 0.29) is 5.91 Å². The van der Waals surface area contributed by atoms with Gasteiger partial charge in [0.1, 0.15) is 0 Å². The van der Waals surface area contributed by atoms with Crippen molar-refractivity contribution in [3.63, 3.8) is 0 Å². The lowest BCUT2D eigenvalue weighted by Gasteiger charge is -2.34. The smallest absolute Gasteiger partial charge is 0.229 e. The van der Waals surface area contributed by atoms with Crippen molar-refractivity contribution in [1.29, 1.82) is 0 Å². The summed E-state index contributed by atoms with van der Waals surface area (Å²) in [4.78, 5) is 28.1. The van der Waals surface area contributed by atoms with E-state index in [9.17, 15) is 4.79 Å². The van der Waals surface area contributed by atoms with Crippen LogP contribution in [0.4, 0.5) is 0 Å². The van der Waals surface area contributed by atoms with Crippen molar-refractivity contribution in [2.45, 2.75) is 63.5 Å². The molecule has 0 saturated heterocycles. The molecular weight excluding hydrogens is 320 g/mol. The summed E-state index contributed by atoms with van der Waals surface area (Å²) in [6, 6.07) is 2.73. The van der Waals surface area contributed by atoms with E-state index in [1.807, 2.05) is 5.38 Å². The van der Waals surface area contributed by atoms with E-state index in [4.69, 9.17) is 0 Å². The number of amides is 1. The van der Waals surface area contributed by atoms with E-state index in [2.05, 4.69) is 19.9 Å². The highest BCUT2D eigenvalue weighted by Crippen LogP contribution is 2.34. The lowest BCUT2D eigenvalue weighted by molar-refractivity contribution is -0.134. The van der Waals surface area contributed by atoms with Crippen LogP contribution in [0.1, 0.15) is 50.6 Å². The number of rotatable bonds is 5. The number of nitrogens with zero attached hydrogens (tertiary/aromatic N) is 4. The molecule has 0 bridgehead atoms. The zero-order valence-corrected chi connectivity index (χ0v) is 14.5. The van der Waals surface area contributed by atoms with E-state index in [0.29, 0.717) is 24.3 Å². The molecule has 2 aliphatic rings. The van der Waals surface area contributed by atoms with Gasteiger partial charge in [0.15, 0.2) is 10.8 Å². The van der Waals surface area contributed by atoms with Crippen molar-refractivity contribution in [3.8, 4) is 10.8 Å². The predicted octanol–water partition coefficient (Wildman–Crippen LogP) is 3.47. The van der Waals surface area contributed by atoms with Crippen molar-refractivity contribution in [1.82, 2.24) is 19.9 Å². The van der Waals surface area contributed by atoms with Crippen molar-refractivity contribution in [2.24, 2.45) is 0 Å². The van der Waals surface area contributed by atoms with E-state index in [1.165, 1.54) is 56.3 Å². The topological polar surface area (TPSA) is 59.0 Å². The summed E-state index contributed by atoms with van der Waals surface area (Å²) >= 11 is 1.51. The molecule has 2 aromatic heterocycles. The summed E-state index contributed by atoms with van der Waals surface area (Å²) in [5.74, 6) is 0.878. The Bertz CT molecular complexity index is 692. The normalized spacial score (nSPS) is 18.5. The van der Waals surface area contributed by atoms with Gasteiger partial charge in [0, 0.05) is 29.9 Å². The molecule has 24 heavy (non-hydrogen) atoms. The summed E-state index contributed by atoms with van der Waals surface area (Å²) < 4.78 is 0. The highest BCUT2D eigenvalue weighted by Gasteiger charge is 2.37. The maximum absolute atomic E-state index is 12.9. The molecule has 2 aromatic rings. The van der Waals surface area contributed by atoms with E-state index < -0.39 is 0 Å². The Morgan fingerprint density at radius 2 is 1.79 bits per heavy atom. The predicted molar refractivity (Wildman–Crippen MR) is 93.6 cm³/mol. The maximum Gasteiger partial charge on any atom is 0.229 e. The third-order valence-electron chi connectivity index (χ3n) is 4.84. The average molecular weight is 342 g/mol. The highest BCUT2D eigenvalue weighted by atomic mass is 32.1. The van der Waals surface area contributed by atoms with Crippen molar-refractivity contribution in [2.75, 3.05) is 0 Å². The van der Waals surface area contributed by atoms with Gasteiger partial charge in [0.2, 0.25) is 5.91 Å². The Balaban J connectivity index is 1.45. The van der Waals surface area contributed by atoms with Crippen LogP contribution in [0.2, 0.25) is 0 Å². The van der Waals surface area contributed by atoms with Crippen molar-refractivity contribution >= 4 is 17.2 Å². The highest BCUT2D eigenvalue weighted by molar-refractivity contribution is 7.13. The van der Waals surface area contributed by atoms with Gasteiger partial charge >= 0.3 is 0 Å². The summed E-state index contributed by atoms with van der Waals surface area (Å²) in [5.41, 5.74) is 0.842. The molecule has 0 radical (unpaired) electrons. The third kappa shape index (κ3) is 3.48. The van der Waals surface area contributed by atoms with Crippen LogP contribution in [-0.4, -0.2) is 37.8 Å². The van der Waals surface area contributed by atoms with Gasteiger partial charge in [-0.15, -0.1) is 11.3 Å². The molecule has 0 spiro atoms. The Hall–Kier alpha value is -1.82. The largest absolute Gasteiger partial charge is 0.336 e. The number of hydrogen-bond donors (Lipinski definition) is 0. The first kappa shape index (κ1) is 15.7. The molecule has 2 fully saturated rings. The molecule has 2 saturated carbocycles. The van der Waals surface area contributed by atoms with Crippen LogP contribution in [0.15, 0.2) is 23.8 Å². The van der Waals surface area contributed by atoms with Crippen LogP contribution < -0.4 is 0 Å². The van der Waals surface area contributed by atoms with Crippen LogP contribution >= 0.6 is 11.3 Å². The molecule has 2 aliphatic carbocycles. The minimum atomic E-state index is 0.246. The van der Waals surface area contributed by atoms with Crippen LogP contribution in [-0.2, 0) is 11.2 Å². The SMILES string of the molecule is O=C(Cc1csc(-c2ncccn2)n1)N(C1CCCCC1)C1CC1. The molecule has 0 atom stereocenters. The molecule has 0 N–H and O–H groups in total. The molecule has 6 heteroatoms. The zero-order chi connectivity index (χ0) is 16.4. The van der Waals surface area contributed by atoms with Gasteiger partial charge in [0.05, 0.1) is 12.1 Å². The number of thiazole rings is 1. The molecule has 1 amide bonds. The summed E-state index contributed by atoms with van der Waals surface area (Å²) in [7, 11) is 0. The third-order valence-corrected chi connectivity index (χ3v) is 5.72. The second-order valence-electron chi connectivity index (χ2n) is 6.72. The lowest BCUT2D eigenvalue weighted by Crippen LogP contribution is -2.43. The van der Waals surface area contributed by atoms with Gasteiger partial charge in [-0.05, 0) is 31.7 Å². The van der Waals surface area contributed by atoms with Gasteiger partial charge < -0.3 is 4.90 Å². The van der Waals surface area contributed by atoms with Crippen LogP contribution in [0.3, 0.4) is 0 Å². The van der Waals surface area contributed by atoms with Crippen molar-refractivity contribution < 1.29 is 4.79 Å². The molecule has 0 aliphatic heterocycles. The molecule has 126 valence electrons. The quantitative estimate of drug-likeness (QED) is 0.835. The molecule has 0 aromatic carbocycles. The second-order valence-corrected chi connectivity index (χ2v) is 7.58. The van der Waals surface area contributed by atoms with Crippen LogP contribution in [0.25, 0.3) is 10.8 Å². The molecule has 5 nitrogen and oxygen atoms in total. The Morgan fingerprint density at radius 1 is 1.08 bits per heavy atom. The summed E-state index contributed by atoms with van der Waals surface area (Å²) in [6.07, 6.45) is 12.3. The summed E-state index contributed by atoms with van der Waals surface area (Å²) in [6.45, 7) is 0. The standard InChI is InChI=1S/C18H22N4OS/c23-16(22(15-7-8-15)14-5-2-1-3-6-14)11-13-12-24-18(21-13)17-19-9-4-10-20-17/h4,9-10,12,14-15H,1-3,5-8,11H2.